The van der Waals surface area contributed by atoms with E-state index in [1.807, 2.05) is 26.0 Å². The van der Waals surface area contributed by atoms with Crippen molar-refractivity contribution in [2.24, 2.45) is 5.10 Å². The number of rotatable bonds is 6. The van der Waals surface area contributed by atoms with Gasteiger partial charge in [0, 0.05) is 11.3 Å². The number of halogens is 2. The van der Waals surface area contributed by atoms with Gasteiger partial charge < -0.3 is 10.1 Å². The zero-order valence-corrected chi connectivity index (χ0v) is 19.2. The Balaban J connectivity index is 1.57. The molecule has 0 atom stereocenters. The third kappa shape index (κ3) is 6.40. The van der Waals surface area contributed by atoms with Crippen molar-refractivity contribution < 1.29 is 18.7 Å². The van der Waals surface area contributed by atoms with Gasteiger partial charge in [0.25, 0.3) is 0 Å². The van der Waals surface area contributed by atoms with Crippen LogP contribution < -0.4 is 15.5 Å². The first-order valence-electron chi connectivity index (χ1n) is 10.1. The maximum Gasteiger partial charge on any atom is 0.329 e. The summed E-state index contributed by atoms with van der Waals surface area (Å²) in [5, 5.41) is 6.87. The van der Waals surface area contributed by atoms with Crippen molar-refractivity contribution in [3.63, 3.8) is 0 Å². The van der Waals surface area contributed by atoms with E-state index in [1.165, 1.54) is 12.1 Å². The molecule has 0 unspecified atom stereocenters. The summed E-state index contributed by atoms with van der Waals surface area (Å²) in [7, 11) is 0. The monoisotopic (exact) mass is 467 g/mol. The van der Waals surface area contributed by atoms with Gasteiger partial charge in [-0.3, -0.25) is 9.59 Å². The van der Waals surface area contributed by atoms with E-state index in [0.717, 1.165) is 11.1 Å². The molecular weight excluding hydrogens is 445 g/mol. The summed E-state index contributed by atoms with van der Waals surface area (Å²) >= 11 is 6.01. The van der Waals surface area contributed by atoms with E-state index in [1.54, 1.807) is 43.3 Å². The maximum absolute atomic E-state index is 13.8. The second-order valence-corrected chi connectivity index (χ2v) is 7.83. The molecule has 0 aromatic heterocycles. The van der Waals surface area contributed by atoms with Gasteiger partial charge >= 0.3 is 11.8 Å². The topological polar surface area (TPSA) is 79.8 Å². The van der Waals surface area contributed by atoms with Gasteiger partial charge in [-0.05, 0) is 79.9 Å². The normalized spacial score (nSPS) is 11.1. The minimum atomic E-state index is -0.878. The van der Waals surface area contributed by atoms with Crippen molar-refractivity contribution >= 4 is 34.8 Å². The molecule has 0 bridgehead atoms. The van der Waals surface area contributed by atoms with Crippen molar-refractivity contribution in [2.75, 3.05) is 5.32 Å². The Kier molecular flexibility index (Phi) is 7.79. The number of carbonyl (C=O) groups excluding carboxylic acids is 2. The molecule has 0 aliphatic heterocycles. The molecule has 0 radical (unpaired) electrons. The first-order valence-corrected chi connectivity index (χ1v) is 10.5. The Morgan fingerprint density at radius 3 is 2.45 bits per heavy atom. The Morgan fingerprint density at radius 1 is 1.03 bits per heavy atom. The van der Waals surface area contributed by atoms with Crippen LogP contribution in [0.1, 0.15) is 29.2 Å². The van der Waals surface area contributed by atoms with E-state index in [0.29, 0.717) is 27.7 Å². The predicted molar refractivity (Wildman–Crippen MR) is 127 cm³/mol. The number of carbonyl (C=O) groups is 2. The highest BCUT2D eigenvalue weighted by Gasteiger charge is 2.14. The van der Waals surface area contributed by atoms with Gasteiger partial charge in [-0.1, -0.05) is 29.8 Å². The fourth-order valence-electron chi connectivity index (χ4n) is 2.92. The quantitative estimate of drug-likeness (QED) is 0.299. The van der Waals surface area contributed by atoms with E-state index in [-0.39, 0.29) is 12.2 Å². The molecule has 3 aromatic carbocycles. The lowest BCUT2D eigenvalue weighted by Crippen LogP contribution is -2.33. The number of ether oxygens (including phenoxy) is 1. The van der Waals surface area contributed by atoms with Crippen LogP contribution in [0.15, 0.2) is 65.8 Å². The third-order valence-electron chi connectivity index (χ3n) is 4.89. The zero-order valence-electron chi connectivity index (χ0n) is 18.4. The van der Waals surface area contributed by atoms with Crippen LogP contribution in [0.4, 0.5) is 10.1 Å². The molecule has 170 valence electrons. The van der Waals surface area contributed by atoms with Crippen LogP contribution in [-0.4, -0.2) is 17.5 Å². The second-order valence-electron chi connectivity index (χ2n) is 7.42. The molecule has 0 saturated heterocycles. The number of hydrogen-bond donors (Lipinski definition) is 2. The molecule has 0 heterocycles. The van der Waals surface area contributed by atoms with Gasteiger partial charge in [0.05, 0.1) is 10.7 Å². The summed E-state index contributed by atoms with van der Waals surface area (Å²) in [6, 6.07) is 16.9. The number of nitrogens with one attached hydrogen (secondary N) is 2. The van der Waals surface area contributed by atoms with E-state index in [9.17, 15) is 14.0 Å². The van der Waals surface area contributed by atoms with E-state index < -0.39 is 17.6 Å². The first kappa shape index (κ1) is 23.9. The molecule has 0 aliphatic rings. The molecule has 0 spiro atoms. The number of aryl methyl sites for hydroxylation is 2. The number of benzene rings is 3. The number of hydrazone groups is 1. The van der Waals surface area contributed by atoms with Gasteiger partial charge in [0.1, 0.15) is 18.2 Å². The van der Waals surface area contributed by atoms with Crippen LogP contribution in [0.3, 0.4) is 0 Å². The molecular formula is C25H23ClFN3O3. The van der Waals surface area contributed by atoms with Crippen LogP contribution in [0.25, 0.3) is 0 Å². The number of hydrogen-bond acceptors (Lipinski definition) is 4. The second kappa shape index (κ2) is 10.7. The molecule has 3 aromatic rings. The minimum absolute atomic E-state index is 0.0104. The summed E-state index contributed by atoms with van der Waals surface area (Å²) in [5.41, 5.74) is 6.13. The Hall–Kier alpha value is -3.71. The van der Waals surface area contributed by atoms with Crippen LogP contribution in [0.5, 0.6) is 5.75 Å². The van der Waals surface area contributed by atoms with Gasteiger partial charge in [0.2, 0.25) is 0 Å². The standard InChI is InChI=1S/C25H23ClFN3O3/c1-15-7-8-16(2)23(13-15)28-24(31)25(32)30-29-17(3)18-9-11-19(12-10-18)33-14-20-21(26)5-4-6-22(20)27/h4-13H,14H2,1-3H3,(H,28,31)(H,30,32)/b29-17+. The molecule has 33 heavy (non-hydrogen) atoms. The Bertz CT molecular complexity index is 1190. The van der Waals surface area contributed by atoms with Crippen molar-refractivity contribution in [1.82, 2.24) is 5.43 Å². The first-order chi connectivity index (χ1) is 15.7. The Morgan fingerprint density at radius 2 is 1.76 bits per heavy atom. The van der Waals surface area contributed by atoms with Crippen LogP contribution in [0, 0.1) is 19.7 Å². The van der Waals surface area contributed by atoms with Crippen LogP contribution in [0.2, 0.25) is 5.02 Å². The predicted octanol–water partition coefficient (Wildman–Crippen LogP) is 5.15. The summed E-state index contributed by atoms with van der Waals surface area (Å²) in [4.78, 5) is 24.3. The molecule has 2 amide bonds. The van der Waals surface area contributed by atoms with Crippen LogP contribution in [-0.2, 0) is 16.2 Å². The summed E-state index contributed by atoms with van der Waals surface area (Å²) in [6.07, 6.45) is 0. The molecule has 6 nitrogen and oxygen atoms in total. The van der Waals surface area contributed by atoms with Gasteiger partial charge in [-0.25, -0.2) is 9.82 Å². The smallest absolute Gasteiger partial charge is 0.329 e. The molecule has 3 rings (SSSR count). The number of amides is 2. The summed E-state index contributed by atoms with van der Waals surface area (Å²) in [5.74, 6) is -1.60. The summed E-state index contributed by atoms with van der Waals surface area (Å²) in [6.45, 7) is 5.42. The van der Waals surface area contributed by atoms with E-state index >= 15 is 0 Å². The highest BCUT2D eigenvalue weighted by Crippen LogP contribution is 2.22. The highest BCUT2D eigenvalue weighted by atomic mass is 35.5. The SMILES string of the molecule is C/C(=N\NC(=O)C(=O)Nc1cc(C)ccc1C)c1ccc(OCc2c(F)cccc2Cl)cc1. The minimum Gasteiger partial charge on any atom is -0.489 e. The van der Waals surface area contributed by atoms with Crippen LogP contribution >= 0.6 is 11.6 Å². The van der Waals surface area contributed by atoms with Gasteiger partial charge in [0.15, 0.2) is 0 Å². The van der Waals surface area contributed by atoms with Gasteiger partial charge in [-0.2, -0.15) is 5.10 Å². The fraction of sp³-hybridized carbons (Fsp3) is 0.160. The molecule has 2 N–H and O–H groups in total. The lowest BCUT2D eigenvalue weighted by molar-refractivity contribution is -0.136. The highest BCUT2D eigenvalue weighted by molar-refractivity contribution is 6.39. The fourth-order valence-corrected chi connectivity index (χ4v) is 3.14. The number of anilines is 1. The zero-order chi connectivity index (χ0) is 24.0. The molecule has 8 heteroatoms. The number of nitrogens with zero attached hydrogens (tertiary/aromatic N) is 1. The summed E-state index contributed by atoms with van der Waals surface area (Å²) < 4.78 is 19.5. The largest absolute Gasteiger partial charge is 0.489 e. The lowest BCUT2D eigenvalue weighted by Gasteiger charge is -2.10. The van der Waals surface area contributed by atoms with Crippen molar-refractivity contribution in [3.8, 4) is 5.75 Å². The Labute approximate surface area is 196 Å². The van der Waals surface area contributed by atoms with Gasteiger partial charge in [-0.15, -0.1) is 0 Å². The van der Waals surface area contributed by atoms with E-state index in [2.05, 4.69) is 15.8 Å². The van der Waals surface area contributed by atoms with Crippen molar-refractivity contribution in [1.29, 1.82) is 0 Å². The average molecular weight is 468 g/mol. The lowest BCUT2D eigenvalue weighted by atomic mass is 10.1. The van der Waals surface area contributed by atoms with Crippen molar-refractivity contribution in [3.05, 3.63) is 93.8 Å². The van der Waals surface area contributed by atoms with Crippen molar-refractivity contribution in [2.45, 2.75) is 27.4 Å². The average Bonchev–Trinajstić information content (AvgIpc) is 2.79. The molecule has 0 aliphatic carbocycles. The van der Waals surface area contributed by atoms with E-state index in [4.69, 9.17) is 16.3 Å². The molecule has 0 fully saturated rings. The maximum atomic E-state index is 13.8. The third-order valence-corrected chi connectivity index (χ3v) is 5.24. The molecule has 0 saturated carbocycles.